The number of rotatable bonds is 2. The predicted molar refractivity (Wildman–Crippen MR) is 90.0 cm³/mol. The van der Waals surface area contributed by atoms with E-state index >= 15 is 0 Å². The Balaban J connectivity index is 1.94. The molecule has 122 valence electrons. The van der Waals surface area contributed by atoms with Crippen molar-refractivity contribution in [2.75, 3.05) is 31.1 Å². The third kappa shape index (κ3) is 2.59. The molecular formula is C18H16F2N4. The molecule has 1 aliphatic heterocycles. The lowest BCUT2D eigenvalue weighted by atomic mass is 10.1. The number of halogens is 2. The van der Waals surface area contributed by atoms with Crippen LogP contribution in [0.2, 0.25) is 0 Å². The maximum atomic E-state index is 14.3. The van der Waals surface area contributed by atoms with Gasteiger partial charge >= 0.3 is 0 Å². The lowest BCUT2D eigenvalue weighted by molar-refractivity contribution is 0.511. The molecule has 1 aromatic heterocycles. The van der Waals surface area contributed by atoms with Crippen LogP contribution in [0.5, 0.6) is 0 Å². The maximum absolute atomic E-state index is 14.3. The van der Waals surface area contributed by atoms with Crippen molar-refractivity contribution in [1.29, 1.82) is 0 Å². The van der Waals surface area contributed by atoms with E-state index in [0.717, 1.165) is 37.8 Å². The lowest BCUT2D eigenvalue weighted by Crippen LogP contribution is -2.44. The Bertz CT molecular complexity index is 891. The second-order valence-electron chi connectivity index (χ2n) is 5.73. The first-order chi connectivity index (χ1) is 11.7. The zero-order valence-electron chi connectivity index (χ0n) is 13.0. The summed E-state index contributed by atoms with van der Waals surface area (Å²) in [6.45, 7) is 3.26. The van der Waals surface area contributed by atoms with Gasteiger partial charge in [-0.1, -0.05) is 24.3 Å². The van der Waals surface area contributed by atoms with Crippen molar-refractivity contribution in [2.24, 2.45) is 0 Å². The Morgan fingerprint density at radius 1 is 0.917 bits per heavy atom. The van der Waals surface area contributed by atoms with E-state index in [9.17, 15) is 8.78 Å². The van der Waals surface area contributed by atoms with E-state index in [1.54, 1.807) is 6.07 Å². The van der Waals surface area contributed by atoms with Crippen molar-refractivity contribution in [3.8, 4) is 11.3 Å². The van der Waals surface area contributed by atoms with E-state index in [1.165, 1.54) is 6.07 Å². The van der Waals surface area contributed by atoms with Gasteiger partial charge in [-0.2, -0.15) is 0 Å². The molecule has 0 radical (unpaired) electrons. The number of fused-ring (bicyclic) bond motifs is 1. The second kappa shape index (κ2) is 6.13. The molecule has 24 heavy (non-hydrogen) atoms. The van der Waals surface area contributed by atoms with Gasteiger partial charge in [0.05, 0.1) is 11.2 Å². The number of piperazine rings is 1. The molecule has 0 unspecified atom stereocenters. The van der Waals surface area contributed by atoms with Crippen molar-refractivity contribution in [3.05, 3.63) is 54.1 Å². The van der Waals surface area contributed by atoms with E-state index < -0.39 is 11.6 Å². The third-order valence-corrected chi connectivity index (χ3v) is 4.20. The molecule has 1 aliphatic rings. The SMILES string of the molecule is Fc1cccc(-c2nc(N3CCNCC3)nc3ccccc23)c1F. The number of aromatic nitrogens is 2. The Kier molecular flexibility index (Phi) is 3.82. The largest absolute Gasteiger partial charge is 0.338 e. The number of nitrogens with one attached hydrogen (secondary N) is 1. The van der Waals surface area contributed by atoms with E-state index in [0.29, 0.717) is 17.0 Å². The average molecular weight is 326 g/mol. The zero-order valence-corrected chi connectivity index (χ0v) is 13.0. The monoisotopic (exact) mass is 326 g/mol. The third-order valence-electron chi connectivity index (χ3n) is 4.20. The smallest absolute Gasteiger partial charge is 0.226 e. The normalized spacial score (nSPS) is 15.0. The van der Waals surface area contributed by atoms with E-state index in [-0.39, 0.29) is 5.56 Å². The van der Waals surface area contributed by atoms with Crippen molar-refractivity contribution in [3.63, 3.8) is 0 Å². The molecule has 0 amide bonds. The molecule has 1 N–H and O–H groups in total. The molecule has 4 nitrogen and oxygen atoms in total. The molecule has 3 aromatic rings. The van der Waals surface area contributed by atoms with Crippen LogP contribution < -0.4 is 10.2 Å². The Morgan fingerprint density at radius 2 is 1.71 bits per heavy atom. The minimum Gasteiger partial charge on any atom is -0.338 e. The first-order valence-corrected chi connectivity index (χ1v) is 7.91. The van der Waals surface area contributed by atoms with Crippen LogP contribution in [0.15, 0.2) is 42.5 Å². The summed E-state index contributed by atoms with van der Waals surface area (Å²) in [5.74, 6) is -1.21. The van der Waals surface area contributed by atoms with Crippen LogP contribution in [0.3, 0.4) is 0 Å². The molecule has 0 spiro atoms. The number of hydrogen-bond donors (Lipinski definition) is 1. The number of anilines is 1. The lowest BCUT2D eigenvalue weighted by Gasteiger charge is -2.28. The van der Waals surface area contributed by atoms with Crippen LogP contribution in [0.1, 0.15) is 0 Å². The number of hydrogen-bond acceptors (Lipinski definition) is 4. The van der Waals surface area contributed by atoms with Gasteiger partial charge in [-0.3, -0.25) is 0 Å². The molecule has 0 bridgehead atoms. The molecule has 2 aromatic carbocycles. The van der Waals surface area contributed by atoms with Gasteiger partial charge in [0.1, 0.15) is 0 Å². The number of para-hydroxylation sites is 1. The highest BCUT2D eigenvalue weighted by molar-refractivity contribution is 5.93. The molecule has 1 fully saturated rings. The highest BCUT2D eigenvalue weighted by Gasteiger charge is 2.19. The highest BCUT2D eigenvalue weighted by atomic mass is 19.2. The molecule has 0 aliphatic carbocycles. The summed E-state index contributed by atoms with van der Waals surface area (Å²) in [6, 6.07) is 11.6. The average Bonchev–Trinajstić information content (AvgIpc) is 2.64. The standard InChI is InChI=1S/C18H16F2N4/c19-14-6-3-5-13(16(14)20)17-12-4-1-2-7-15(12)22-18(23-17)24-10-8-21-9-11-24/h1-7,21H,8-11H2. The molecule has 2 heterocycles. The summed E-state index contributed by atoms with van der Waals surface area (Å²) in [7, 11) is 0. The van der Waals surface area contributed by atoms with Gasteiger partial charge < -0.3 is 10.2 Å². The molecule has 0 atom stereocenters. The number of benzene rings is 2. The van der Waals surface area contributed by atoms with Crippen LogP contribution in [0.25, 0.3) is 22.2 Å². The van der Waals surface area contributed by atoms with Crippen LogP contribution in [-0.4, -0.2) is 36.1 Å². The van der Waals surface area contributed by atoms with E-state index in [1.807, 2.05) is 24.3 Å². The molecule has 0 saturated carbocycles. The van der Waals surface area contributed by atoms with Crippen molar-refractivity contribution in [2.45, 2.75) is 0 Å². The first-order valence-electron chi connectivity index (χ1n) is 7.91. The fourth-order valence-electron chi connectivity index (χ4n) is 2.96. The quantitative estimate of drug-likeness (QED) is 0.786. The molecule has 1 saturated heterocycles. The van der Waals surface area contributed by atoms with Crippen LogP contribution in [0.4, 0.5) is 14.7 Å². The topological polar surface area (TPSA) is 41.1 Å². The Morgan fingerprint density at radius 3 is 2.54 bits per heavy atom. The summed E-state index contributed by atoms with van der Waals surface area (Å²) in [4.78, 5) is 11.2. The maximum Gasteiger partial charge on any atom is 0.226 e. The summed E-state index contributed by atoms with van der Waals surface area (Å²) >= 11 is 0. The Labute approximate surface area is 138 Å². The van der Waals surface area contributed by atoms with E-state index in [2.05, 4.69) is 20.2 Å². The number of nitrogens with zero attached hydrogens (tertiary/aromatic N) is 3. The Hall–Kier alpha value is -2.60. The van der Waals surface area contributed by atoms with Crippen LogP contribution >= 0.6 is 0 Å². The van der Waals surface area contributed by atoms with Crippen molar-refractivity contribution >= 4 is 16.9 Å². The van der Waals surface area contributed by atoms with Gasteiger partial charge in [0.15, 0.2) is 11.6 Å². The highest BCUT2D eigenvalue weighted by Crippen LogP contribution is 2.30. The van der Waals surface area contributed by atoms with Gasteiger partial charge in [-0.15, -0.1) is 0 Å². The fourth-order valence-corrected chi connectivity index (χ4v) is 2.96. The molecule has 4 rings (SSSR count). The summed E-state index contributed by atoms with van der Waals surface area (Å²) < 4.78 is 28.0. The summed E-state index contributed by atoms with van der Waals surface area (Å²) in [5.41, 5.74) is 1.30. The predicted octanol–water partition coefficient (Wildman–Crippen LogP) is 2.98. The van der Waals surface area contributed by atoms with Crippen LogP contribution in [-0.2, 0) is 0 Å². The zero-order chi connectivity index (χ0) is 16.5. The van der Waals surface area contributed by atoms with Crippen LogP contribution in [0, 0.1) is 11.6 Å². The van der Waals surface area contributed by atoms with Crippen molar-refractivity contribution < 1.29 is 8.78 Å². The molecule has 6 heteroatoms. The minimum absolute atomic E-state index is 0.157. The summed E-state index contributed by atoms with van der Waals surface area (Å²) in [6.07, 6.45) is 0. The molecular weight excluding hydrogens is 310 g/mol. The van der Waals surface area contributed by atoms with Gasteiger partial charge in [-0.25, -0.2) is 18.7 Å². The minimum atomic E-state index is -0.882. The fraction of sp³-hybridized carbons (Fsp3) is 0.222. The summed E-state index contributed by atoms with van der Waals surface area (Å²) in [5, 5.41) is 3.99. The van der Waals surface area contributed by atoms with Gasteiger partial charge in [0, 0.05) is 37.1 Å². The van der Waals surface area contributed by atoms with Gasteiger partial charge in [0.2, 0.25) is 5.95 Å². The first kappa shape index (κ1) is 15.0. The second-order valence-corrected chi connectivity index (χ2v) is 5.73. The van der Waals surface area contributed by atoms with Gasteiger partial charge in [0.25, 0.3) is 0 Å². The van der Waals surface area contributed by atoms with Gasteiger partial charge in [-0.05, 0) is 18.2 Å². The van der Waals surface area contributed by atoms with E-state index in [4.69, 9.17) is 0 Å². The van der Waals surface area contributed by atoms with Crippen molar-refractivity contribution in [1.82, 2.24) is 15.3 Å².